The van der Waals surface area contributed by atoms with Gasteiger partial charge in [0.05, 0.1) is 6.54 Å². The molecule has 2 heterocycles. The van der Waals surface area contributed by atoms with Gasteiger partial charge in [-0.05, 0) is 65.0 Å². The van der Waals surface area contributed by atoms with Crippen LogP contribution >= 0.6 is 0 Å². The van der Waals surface area contributed by atoms with Gasteiger partial charge in [-0.2, -0.15) is 0 Å². The lowest BCUT2D eigenvalue weighted by atomic mass is 9.98. The molecule has 0 radical (unpaired) electrons. The Labute approximate surface area is 123 Å². The average Bonchev–Trinajstić information content (AvgIpc) is 2.48. The molecule has 1 atom stereocenters. The Morgan fingerprint density at radius 2 is 2.00 bits per heavy atom. The molecule has 0 saturated carbocycles. The fraction of sp³-hybridized carbons (Fsp3) is 0.938. The van der Waals surface area contributed by atoms with Crippen molar-refractivity contribution in [3.63, 3.8) is 0 Å². The molecule has 2 aliphatic heterocycles. The Hall–Kier alpha value is -0.610. The third kappa shape index (κ3) is 4.74. The molecule has 20 heavy (non-hydrogen) atoms. The summed E-state index contributed by atoms with van der Waals surface area (Å²) in [4.78, 5) is 16.9. The first-order valence-corrected chi connectivity index (χ1v) is 8.39. The second kappa shape index (κ2) is 7.99. The zero-order valence-electron chi connectivity index (χ0n) is 13.2. The van der Waals surface area contributed by atoms with Gasteiger partial charge in [0.15, 0.2) is 0 Å². The first kappa shape index (κ1) is 15.8. The minimum absolute atomic E-state index is 0.335. The van der Waals surface area contributed by atoms with Crippen LogP contribution < -0.4 is 5.32 Å². The van der Waals surface area contributed by atoms with Crippen LogP contribution in [0.2, 0.25) is 0 Å². The number of hydrogen-bond acceptors (Lipinski definition) is 3. The van der Waals surface area contributed by atoms with Crippen molar-refractivity contribution >= 4 is 5.91 Å². The molecular weight excluding hydrogens is 250 g/mol. The van der Waals surface area contributed by atoms with Crippen LogP contribution in [0.25, 0.3) is 0 Å². The topological polar surface area (TPSA) is 35.6 Å². The van der Waals surface area contributed by atoms with Gasteiger partial charge in [0.1, 0.15) is 0 Å². The van der Waals surface area contributed by atoms with Gasteiger partial charge >= 0.3 is 0 Å². The maximum absolute atomic E-state index is 12.4. The molecule has 1 N–H and O–H groups in total. The summed E-state index contributed by atoms with van der Waals surface area (Å²) in [5.41, 5.74) is 0. The number of hydrogen-bond donors (Lipinski definition) is 1. The molecule has 2 aliphatic rings. The highest BCUT2D eigenvalue weighted by Gasteiger charge is 2.23. The summed E-state index contributed by atoms with van der Waals surface area (Å²) in [5.74, 6) is 1.04. The first-order valence-electron chi connectivity index (χ1n) is 8.39. The Morgan fingerprint density at radius 3 is 2.60 bits per heavy atom. The van der Waals surface area contributed by atoms with E-state index in [1.807, 2.05) is 0 Å². The van der Waals surface area contributed by atoms with Crippen LogP contribution in [0.5, 0.6) is 0 Å². The smallest absolute Gasteiger partial charge is 0.236 e. The lowest BCUT2D eigenvalue weighted by molar-refractivity contribution is -0.134. The van der Waals surface area contributed by atoms with Crippen molar-refractivity contribution in [2.75, 3.05) is 39.3 Å². The number of piperidine rings is 2. The molecule has 2 fully saturated rings. The summed E-state index contributed by atoms with van der Waals surface area (Å²) < 4.78 is 0. The van der Waals surface area contributed by atoms with Crippen LogP contribution in [0, 0.1) is 5.92 Å². The van der Waals surface area contributed by atoms with Crippen molar-refractivity contribution in [2.45, 2.75) is 52.0 Å². The molecule has 0 bridgehead atoms. The Balaban J connectivity index is 1.82. The van der Waals surface area contributed by atoms with Crippen molar-refractivity contribution in [1.82, 2.24) is 15.1 Å². The standard InChI is InChI=1S/C16H31N3O/c1-14(2)19(12-15-7-6-8-17-11-15)13-16(20)18-9-4-3-5-10-18/h14-15,17H,3-13H2,1-2H3. The van der Waals surface area contributed by atoms with Crippen LogP contribution in [-0.2, 0) is 4.79 Å². The summed E-state index contributed by atoms with van der Waals surface area (Å²) in [7, 11) is 0. The predicted octanol–water partition coefficient (Wildman–Crippen LogP) is 1.71. The molecule has 2 rings (SSSR count). The van der Waals surface area contributed by atoms with Crippen molar-refractivity contribution < 1.29 is 4.79 Å². The van der Waals surface area contributed by atoms with Crippen molar-refractivity contribution in [3.05, 3.63) is 0 Å². The monoisotopic (exact) mass is 281 g/mol. The Morgan fingerprint density at radius 1 is 1.25 bits per heavy atom. The molecule has 0 aliphatic carbocycles. The molecule has 0 spiro atoms. The number of amides is 1. The lowest BCUT2D eigenvalue weighted by Gasteiger charge is -2.34. The van der Waals surface area contributed by atoms with Gasteiger partial charge in [-0.1, -0.05) is 0 Å². The van der Waals surface area contributed by atoms with E-state index in [0.717, 1.165) is 32.7 Å². The zero-order chi connectivity index (χ0) is 14.4. The van der Waals surface area contributed by atoms with Crippen LogP contribution in [0.4, 0.5) is 0 Å². The Kier molecular flexibility index (Phi) is 6.30. The quantitative estimate of drug-likeness (QED) is 0.833. The summed E-state index contributed by atoms with van der Waals surface area (Å²) >= 11 is 0. The van der Waals surface area contributed by atoms with Crippen molar-refractivity contribution in [1.29, 1.82) is 0 Å². The number of carbonyl (C=O) groups is 1. The van der Waals surface area contributed by atoms with E-state index in [-0.39, 0.29) is 0 Å². The van der Waals surface area contributed by atoms with E-state index in [2.05, 4.69) is 29.0 Å². The SMILES string of the molecule is CC(C)N(CC(=O)N1CCCCC1)CC1CCCNC1. The number of rotatable bonds is 5. The predicted molar refractivity (Wildman–Crippen MR) is 82.7 cm³/mol. The van der Waals surface area contributed by atoms with Gasteiger partial charge in [-0.25, -0.2) is 0 Å². The number of nitrogens with zero attached hydrogens (tertiary/aromatic N) is 2. The first-order chi connectivity index (χ1) is 9.66. The third-order valence-corrected chi connectivity index (χ3v) is 4.67. The van der Waals surface area contributed by atoms with E-state index in [4.69, 9.17) is 0 Å². The third-order valence-electron chi connectivity index (χ3n) is 4.67. The van der Waals surface area contributed by atoms with E-state index in [1.165, 1.54) is 32.1 Å². The van der Waals surface area contributed by atoms with E-state index in [1.54, 1.807) is 0 Å². The second-order valence-electron chi connectivity index (χ2n) is 6.68. The molecule has 116 valence electrons. The number of likely N-dealkylation sites (tertiary alicyclic amines) is 1. The summed E-state index contributed by atoms with van der Waals surface area (Å²) in [6.45, 7) is 10.3. The highest BCUT2D eigenvalue weighted by molar-refractivity contribution is 5.78. The van der Waals surface area contributed by atoms with Gasteiger partial charge in [0.25, 0.3) is 0 Å². The lowest BCUT2D eigenvalue weighted by Crippen LogP contribution is -2.47. The molecule has 1 amide bonds. The van der Waals surface area contributed by atoms with E-state index in [0.29, 0.717) is 24.4 Å². The molecule has 2 saturated heterocycles. The van der Waals surface area contributed by atoms with Crippen LogP contribution in [0.1, 0.15) is 46.0 Å². The van der Waals surface area contributed by atoms with Crippen LogP contribution in [0.15, 0.2) is 0 Å². The molecular formula is C16H31N3O. The van der Waals surface area contributed by atoms with Gasteiger partial charge in [0, 0.05) is 25.7 Å². The second-order valence-corrected chi connectivity index (χ2v) is 6.68. The Bertz CT molecular complexity index is 294. The summed E-state index contributed by atoms with van der Waals surface area (Å²) in [6.07, 6.45) is 6.22. The molecule has 4 heteroatoms. The molecule has 4 nitrogen and oxygen atoms in total. The van der Waals surface area contributed by atoms with E-state index in [9.17, 15) is 4.79 Å². The van der Waals surface area contributed by atoms with Crippen molar-refractivity contribution in [3.8, 4) is 0 Å². The molecule has 0 aromatic rings. The van der Waals surface area contributed by atoms with Gasteiger partial charge < -0.3 is 10.2 Å². The van der Waals surface area contributed by atoms with Crippen molar-refractivity contribution in [2.24, 2.45) is 5.92 Å². The maximum atomic E-state index is 12.4. The molecule has 0 aromatic heterocycles. The highest BCUT2D eigenvalue weighted by atomic mass is 16.2. The summed E-state index contributed by atoms with van der Waals surface area (Å²) in [6, 6.07) is 0.450. The fourth-order valence-corrected chi connectivity index (χ4v) is 3.29. The minimum atomic E-state index is 0.335. The van der Waals surface area contributed by atoms with E-state index < -0.39 is 0 Å². The fourth-order valence-electron chi connectivity index (χ4n) is 3.29. The van der Waals surface area contributed by atoms with Gasteiger partial charge in [-0.15, -0.1) is 0 Å². The highest BCUT2D eigenvalue weighted by Crippen LogP contribution is 2.15. The zero-order valence-corrected chi connectivity index (χ0v) is 13.2. The maximum Gasteiger partial charge on any atom is 0.236 e. The number of carbonyl (C=O) groups excluding carboxylic acids is 1. The van der Waals surface area contributed by atoms with Crippen LogP contribution in [0.3, 0.4) is 0 Å². The van der Waals surface area contributed by atoms with Gasteiger partial charge in [0.2, 0.25) is 5.91 Å². The molecule has 1 unspecified atom stereocenters. The normalized spacial score (nSPS) is 24.4. The van der Waals surface area contributed by atoms with Gasteiger partial charge in [-0.3, -0.25) is 9.69 Å². The van der Waals surface area contributed by atoms with Crippen LogP contribution in [-0.4, -0.2) is 61.0 Å². The average molecular weight is 281 g/mol. The van der Waals surface area contributed by atoms with E-state index >= 15 is 0 Å². The largest absolute Gasteiger partial charge is 0.342 e. The molecule has 0 aromatic carbocycles. The number of nitrogens with one attached hydrogen (secondary N) is 1. The summed E-state index contributed by atoms with van der Waals surface area (Å²) in [5, 5.41) is 3.47. The minimum Gasteiger partial charge on any atom is -0.342 e.